The smallest absolute Gasteiger partial charge is 0.127 e. The van der Waals surface area contributed by atoms with E-state index in [-0.39, 0.29) is 6.10 Å². The lowest BCUT2D eigenvalue weighted by Crippen LogP contribution is -2.06. The van der Waals surface area contributed by atoms with Crippen molar-refractivity contribution in [2.45, 2.75) is 26.4 Å². The number of benzene rings is 2. The van der Waals surface area contributed by atoms with Crippen LogP contribution in [0.2, 0.25) is 5.02 Å². The fourth-order valence-electron chi connectivity index (χ4n) is 1.85. The number of hydrogen-bond acceptors (Lipinski definition) is 2. The highest BCUT2D eigenvalue weighted by atomic mass is 35.5. The molecule has 2 aromatic carbocycles. The SMILES string of the molecule is CC(C)Oc1cc(Cl)cc(CCOc2[c]cccc2)c1. The summed E-state index contributed by atoms with van der Waals surface area (Å²) in [5, 5.41) is 0.685. The minimum atomic E-state index is 0.136. The van der Waals surface area contributed by atoms with Crippen LogP contribution in [-0.4, -0.2) is 12.7 Å². The van der Waals surface area contributed by atoms with Crippen molar-refractivity contribution < 1.29 is 9.47 Å². The van der Waals surface area contributed by atoms with Crippen LogP contribution in [0.3, 0.4) is 0 Å². The summed E-state index contributed by atoms with van der Waals surface area (Å²) in [6.45, 7) is 4.58. The van der Waals surface area contributed by atoms with E-state index in [0.717, 1.165) is 23.5 Å². The summed E-state index contributed by atoms with van der Waals surface area (Å²) < 4.78 is 11.3. The third-order valence-corrected chi connectivity index (χ3v) is 2.85. The van der Waals surface area contributed by atoms with Crippen LogP contribution in [-0.2, 0) is 6.42 Å². The van der Waals surface area contributed by atoms with Gasteiger partial charge in [0.2, 0.25) is 0 Å². The molecule has 0 spiro atoms. The number of rotatable bonds is 6. The van der Waals surface area contributed by atoms with Gasteiger partial charge in [0, 0.05) is 17.5 Å². The van der Waals surface area contributed by atoms with Gasteiger partial charge in [-0.1, -0.05) is 29.8 Å². The molecule has 2 nitrogen and oxygen atoms in total. The van der Waals surface area contributed by atoms with Gasteiger partial charge in [-0.3, -0.25) is 0 Å². The molecule has 0 amide bonds. The highest BCUT2D eigenvalue weighted by Gasteiger charge is 2.03. The Kier molecular flexibility index (Phi) is 5.31. The molecule has 0 saturated heterocycles. The minimum Gasteiger partial charge on any atom is -0.493 e. The van der Waals surface area contributed by atoms with Crippen molar-refractivity contribution in [3.63, 3.8) is 0 Å². The largest absolute Gasteiger partial charge is 0.493 e. The molecular weight excluding hydrogens is 272 g/mol. The van der Waals surface area contributed by atoms with E-state index >= 15 is 0 Å². The van der Waals surface area contributed by atoms with Crippen molar-refractivity contribution in [1.29, 1.82) is 0 Å². The van der Waals surface area contributed by atoms with E-state index in [2.05, 4.69) is 6.07 Å². The van der Waals surface area contributed by atoms with E-state index in [4.69, 9.17) is 21.1 Å². The summed E-state index contributed by atoms with van der Waals surface area (Å²) >= 11 is 6.10. The van der Waals surface area contributed by atoms with Gasteiger partial charge in [0.05, 0.1) is 12.7 Å². The van der Waals surface area contributed by atoms with Crippen LogP contribution in [0.1, 0.15) is 19.4 Å². The van der Waals surface area contributed by atoms with E-state index in [0.29, 0.717) is 11.6 Å². The highest BCUT2D eigenvalue weighted by molar-refractivity contribution is 6.30. The Bertz CT molecular complexity index is 538. The molecule has 0 saturated carbocycles. The zero-order valence-corrected chi connectivity index (χ0v) is 12.5. The molecule has 20 heavy (non-hydrogen) atoms. The fourth-order valence-corrected chi connectivity index (χ4v) is 2.10. The van der Waals surface area contributed by atoms with Crippen molar-refractivity contribution in [3.05, 3.63) is 59.1 Å². The highest BCUT2D eigenvalue weighted by Crippen LogP contribution is 2.22. The van der Waals surface area contributed by atoms with E-state index in [1.165, 1.54) is 0 Å². The molecule has 0 heterocycles. The lowest BCUT2D eigenvalue weighted by molar-refractivity contribution is 0.242. The monoisotopic (exact) mass is 289 g/mol. The summed E-state index contributed by atoms with van der Waals surface area (Å²) in [5.41, 5.74) is 1.10. The molecule has 0 aliphatic heterocycles. The molecule has 0 aliphatic carbocycles. The molecule has 2 aromatic rings. The second-order valence-corrected chi connectivity index (χ2v) is 5.22. The molecule has 1 radical (unpaired) electrons. The first kappa shape index (κ1) is 14.7. The molecule has 3 heteroatoms. The Labute approximate surface area is 125 Å². The van der Waals surface area contributed by atoms with Gasteiger partial charge >= 0.3 is 0 Å². The van der Waals surface area contributed by atoms with Gasteiger partial charge in [-0.15, -0.1) is 0 Å². The van der Waals surface area contributed by atoms with Crippen LogP contribution < -0.4 is 9.47 Å². The maximum Gasteiger partial charge on any atom is 0.127 e. The minimum absolute atomic E-state index is 0.136. The zero-order chi connectivity index (χ0) is 14.4. The zero-order valence-electron chi connectivity index (χ0n) is 11.7. The number of hydrogen-bond donors (Lipinski definition) is 0. The first-order valence-electron chi connectivity index (χ1n) is 6.69. The summed E-state index contributed by atoms with van der Waals surface area (Å²) in [7, 11) is 0. The van der Waals surface area contributed by atoms with Gasteiger partial charge in [0.1, 0.15) is 11.5 Å². The Morgan fingerprint density at radius 3 is 2.75 bits per heavy atom. The van der Waals surface area contributed by atoms with Crippen molar-refractivity contribution in [2.24, 2.45) is 0 Å². The molecule has 0 unspecified atom stereocenters. The molecule has 0 aromatic heterocycles. The quantitative estimate of drug-likeness (QED) is 0.777. The molecule has 0 fully saturated rings. The second kappa shape index (κ2) is 7.20. The van der Waals surface area contributed by atoms with Crippen LogP contribution in [0.5, 0.6) is 11.5 Å². The molecule has 2 rings (SSSR count). The first-order chi connectivity index (χ1) is 9.63. The van der Waals surface area contributed by atoms with E-state index in [1.54, 1.807) is 0 Å². The van der Waals surface area contributed by atoms with Crippen molar-refractivity contribution in [1.82, 2.24) is 0 Å². The molecule has 105 valence electrons. The van der Waals surface area contributed by atoms with Gasteiger partial charge in [-0.25, -0.2) is 0 Å². The second-order valence-electron chi connectivity index (χ2n) is 4.79. The van der Waals surface area contributed by atoms with Crippen LogP contribution in [0.4, 0.5) is 0 Å². The molecule has 0 atom stereocenters. The molecular formula is C17H18ClO2. The predicted molar refractivity (Wildman–Crippen MR) is 81.7 cm³/mol. The van der Waals surface area contributed by atoms with E-state index < -0.39 is 0 Å². The molecule has 0 bridgehead atoms. The number of halogens is 1. The fraction of sp³-hybridized carbons (Fsp3) is 0.294. The van der Waals surface area contributed by atoms with Crippen molar-refractivity contribution >= 4 is 11.6 Å². The Hall–Kier alpha value is -1.67. The lowest BCUT2D eigenvalue weighted by atomic mass is 10.1. The number of ether oxygens (including phenoxy) is 2. The van der Waals surface area contributed by atoms with Crippen LogP contribution in [0, 0.1) is 6.07 Å². The van der Waals surface area contributed by atoms with E-state index in [1.807, 2.05) is 56.3 Å². The Balaban J connectivity index is 1.93. The third-order valence-electron chi connectivity index (χ3n) is 2.63. The van der Waals surface area contributed by atoms with Crippen molar-refractivity contribution in [2.75, 3.05) is 6.61 Å². The topological polar surface area (TPSA) is 18.5 Å². The molecule has 0 N–H and O–H groups in total. The van der Waals surface area contributed by atoms with Gasteiger partial charge < -0.3 is 9.47 Å². The van der Waals surface area contributed by atoms with Crippen LogP contribution in [0.25, 0.3) is 0 Å². The van der Waals surface area contributed by atoms with Crippen LogP contribution >= 0.6 is 11.6 Å². The van der Waals surface area contributed by atoms with Crippen molar-refractivity contribution in [3.8, 4) is 11.5 Å². The maximum absolute atomic E-state index is 6.10. The average Bonchev–Trinajstić information content (AvgIpc) is 2.38. The first-order valence-corrected chi connectivity index (χ1v) is 7.07. The summed E-state index contributed by atoms with van der Waals surface area (Å²) in [5.74, 6) is 1.56. The maximum atomic E-state index is 6.10. The van der Waals surface area contributed by atoms with Crippen LogP contribution in [0.15, 0.2) is 42.5 Å². The summed E-state index contributed by atoms with van der Waals surface area (Å²) in [6.07, 6.45) is 0.911. The average molecular weight is 290 g/mol. The predicted octanol–water partition coefficient (Wildman–Crippen LogP) is 4.55. The summed E-state index contributed by atoms with van der Waals surface area (Å²) in [4.78, 5) is 0. The van der Waals surface area contributed by atoms with E-state index in [9.17, 15) is 0 Å². The standard InChI is InChI=1S/C17H18ClO2/c1-13(2)20-17-11-14(10-15(18)12-17)8-9-19-16-6-4-3-5-7-16/h3-6,10-13H,8-9H2,1-2H3. The van der Waals surface area contributed by atoms with Gasteiger partial charge in [0.15, 0.2) is 0 Å². The Morgan fingerprint density at radius 2 is 2.05 bits per heavy atom. The van der Waals surface area contributed by atoms with Gasteiger partial charge in [0.25, 0.3) is 0 Å². The molecule has 0 aliphatic rings. The normalized spacial score (nSPS) is 10.6. The van der Waals surface area contributed by atoms with Gasteiger partial charge in [-0.05, 0) is 43.7 Å². The summed E-state index contributed by atoms with van der Waals surface area (Å²) in [6, 6.07) is 16.4. The number of para-hydroxylation sites is 1. The third kappa shape index (κ3) is 4.78. The van der Waals surface area contributed by atoms with Gasteiger partial charge in [-0.2, -0.15) is 0 Å². The Morgan fingerprint density at radius 1 is 1.20 bits per heavy atom. The lowest BCUT2D eigenvalue weighted by Gasteiger charge is -2.12.